The van der Waals surface area contributed by atoms with Crippen molar-refractivity contribution >= 4 is 17.1 Å². The predicted molar refractivity (Wildman–Crippen MR) is 44.8 cm³/mol. The number of pyridine rings is 1. The van der Waals surface area contributed by atoms with Gasteiger partial charge in [-0.05, 0) is 0 Å². The molecule has 3 N–H and O–H groups in total. The highest BCUT2D eigenvalue weighted by molar-refractivity contribution is 5.68. The Labute approximate surface area is 75.5 Å². The largest absolute Gasteiger partial charge is 0.387 e. The van der Waals surface area contributed by atoms with Crippen molar-refractivity contribution in [2.24, 2.45) is 0 Å². The van der Waals surface area contributed by atoms with Crippen molar-refractivity contribution < 1.29 is 9.85 Å². The molecule has 1 heterocycles. The van der Waals surface area contributed by atoms with E-state index in [9.17, 15) is 25.0 Å². The van der Waals surface area contributed by atoms with Gasteiger partial charge in [0.15, 0.2) is 5.69 Å². The Hall–Kier alpha value is -2.45. The van der Waals surface area contributed by atoms with Crippen LogP contribution in [0.1, 0.15) is 0 Å². The number of aromatic amines is 1. The normalized spacial score (nSPS) is 9.71. The van der Waals surface area contributed by atoms with Crippen molar-refractivity contribution in [1.29, 1.82) is 0 Å². The topological polar surface area (TPSA) is 145 Å². The molecule has 0 saturated carbocycles. The van der Waals surface area contributed by atoms with E-state index in [0.29, 0.717) is 6.20 Å². The highest BCUT2D eigenvalue weighted by Gasteiger charge is 2.26. The zero-order valence-electron chi connectivity index (χ0n) is 6.59. The number of nitrogen functional groups attached to an aromatic ring is 1. The average Bonchev–Trinajstić information content (AvgIpc) is 2.02. The van der Waals surface area contributed by atoms with E-state index in [1.54, 1.807) is 0 Å². The van der Waals surface area contributed by atoms with Crippen molar-refractivity contribution in [3.63, 3.8) is 0 Å². The van der Waals surface area contributed by atoms with Crippen LogP contribution in [0.5, 0.6) is 0 Å². The molecule has 0 spiro atoms. The molecule has 1 aromatic heterocycles. The van der Waals surface area contributed by atoms with Crippen LogP contribution in [0, 0.1) is 20.2 Å². The summed E-state index contributed by atoms with van der Waals surface area (Å²) in [6.07, 6.45) is 0.713. The number of hydrogen-bond acceptors (Lipinski definition) is 6. The van der Waals surface area contributed by atoms with Gasteiger partial charge in [0.1, 0.15) is 0 Å². The van der Waals surface area contributed by atoms with E-state index < -0.39 is 32.5 Å². The number of nitrogens with two attached hydrogens (primary N) is 1. The first kappa shape index (κ1) is 9.64. The second-order valence-corrected chi connectivity index (χ2v) is 2.28. The van der Waals surface area contributed by atoms with Gasteiger partial charge in [0, 0.05) is 0 Å². The summed E-state index contributed by atoms with van der Waals surface area (Å²) in [5.41, 5.74) is 1.55. The lowest BCUT2D eigenvalue weighted by atomic mass is 10.3. The van der Waals surface area contributed by atoms with Crippen LogP contribution in [-0.2, 0) is 0 Å². The molecule has 0 aromatic carbocycles. The van der Waals surface area contributed by atoms with Gasteiger partial charge in [-0.15, -0.1) is 0 Å². The van der Waals surface area contributed by atoms with Crippen LogP contribution in [0.25, 0.3) is 0 Å². The molecule has 1 aromatic rings. The summed E-state index contributed by atoms with van der Waals surface area (Å²) < 4.78 is 0. The molecule has 0 atom stereocenters. The summed E-state index contributed by atoms with van der Waals surface area (Å²) in [4.78, 5) is 31.3. The Morgan fingerprint density at radius 2 is 1.86 bits per heavy atom. The van der Waals surface area contributed by atoms with Crippen LogP contribution in [-0.4, -0.2) is 14.8 Å². The maximum atomic E-state index is 10.9. The maximum Gasteiger partial charge on any atom is 0.363 e. The monoisotopic (exact) mass is 200 g/mol. The first-order chi connectivity index (χ1) is 6.45. The van der Waals surface area contributed by atoms with Gasteiger partial charge in [-0.3, -0.25) is 25.0 Å². The lowest BCUT2D eigenvalue weighted by Crippen LogP contribution is -2.15. The molecule has 0 unspecified atom stereocenters. The van der Waals surface area contributed by atoms with Gasteiger partial charge < -0.3 is 10.7 Å². The first-order valence-electron chi connectivity index (χ1n) is 3.25. The van der Waals surface area contributed by atoms with Gasteiger partial charge in [0.05, 0.1) is 16.0 Å². The van der Waals surface area contributed by atoms with Crippen LogP contribution in [0.3, 0.4) is 0 Å². The number of nitrogens with one attached hydrogen (secondary N) is 1. The van der Waals surface area contributed by atoms with Crippen molar-refractivity contribution in [2.45, 2.75) is 0 Å². The Balaban J connectivity index is 3.57. The molecule has 1 rings (SSSR count). The Morgan fingerprint density at radius 3 is 2.29 bits per heavy atom. The van der Waals surface area contributed by atoms with Crippen molar-refractivity contribution in [3.05, 3.63) is 36.8 Å². The summed E-state index contributed by atoms with van der Waals surface area (Å²) in [5.74, 6) is 0. The van der Waals surface area contributed by atoms with E-state index >= 15 is 0 Å². The number of anilines is 1. The number of H-pyrrole nitrogens is 1. The fraction of sp³-hybridized carbons (Fsp3) is 0. The minimum Gasteiger partial charge on any atom is -0.387 e. The molecule has 0 aliphatic carbocycles. The highest BCUT2D eigenvalue weighted by Crippen LogP contribution is 2.25. The number of aromatic nitrogens is 1. The summed E-state index contributed by atoms with van der Waals surface area (Å²) >= 11 is 0. The summed E-state index contributed by atoms with van der Waals surface area (Å²) in [6, 6.07) is 0. The number of rotatable bonds is 2. The third kappa shape index (κ3) is 1.37. The van der Waals surface area contributed by atoms with E-state index in [2.05, 4.69) is 0 Å². The maximum absolute atomic E-state index is 10.9. The Kier molecular flexibility index (Phi) is 2.15. The van der Waals surface area contributed by atoms with Crippen molar-refractivity contribution in [2.75, 3.05) is 5.73 Å². The molecule has 0 bridgehead atoms. The molecule has 74 valence electrons. The van der Waals surface area contributed by atoms with Gasteiger partial charge in [-0.1, -0.05) is 0 Å². The zero-order chi connectivity index (χ0) is 10.9. The number of nitrogens with zero attached hydrogens (tertiary/aromatic N) is 2. The van der Waals surface area contributed by atoms with Crippen LogP contribution in [0.15, 0.2) is 11.0 Å². The fourth-order valence-electron chi connectivity index (χ4n) is 0.856. The molecule has 0 amide bonds. The standard InChI is InChI=1S/C5H4N4O5/c6-3-2(8(11)12)1-7-5(10)4(3)9(13)14/h1H,(H3,6,7,10). The van der Waals surface area contributed by atoms with E-state index in [1.807, 2.05) is 4.98 Å². The lowest BCUT2D eigenvalue weighted by Gasteiger charge is -1.96. The molecule has 0 aliphatic heterocycles. The molecule has 9 heteroatoms. The minimum absolute atomic E-state index is 0.698. The highest BCUT2D eigenvalue weighted by atomic mass is 16.6. The molecular formula is C5H4N4O5. The molecule has 0 radical (unpaired) electrons. The van der Waals surface area contributed by atoms with E-state index in [4.69, 9.17) is 5.73 Å². The predicted octanol–water partition coefficient (Wildman–Crippen LogP) is -0.226. The van der Waals surface area contributed by atoms with E-state index in [0.717, 1.165) is 0 Å². The summed E-state index contributed by atoms with van der Waals surface area (Å²) in [5, 5.41) is 20.6. The Morgan fingerprint density at radius 1 is 1.29 bits per heavy atom. The van der Waals surface area contributed by atoms with Crippen molar-refractivity contribution in [3.8, 4) is 0 Å². The summed E-state index contributed by atoms with van der Waals surface area (Å²) in [7, 11) is 0. The van der Waals surface area contributed by atoms with Crippen LogP contribution in [0.4, 0.5) is 17.1 Å². The van der Waals surface area contributed by atoms with E-state index in [1.165, 1.54) is 0 Å². The van der Waals surface area contributed by atoms with Crippen molar-refractivity contribution in [1.82, 2.24) is 4.98 Å². The second kappa shape index (κ2) is 3.12. The number of nitro groups is 2. The zero-order valence-corrected chi connectivity index (χ0v) is 6.59. The van der Waals surface area contributed by atoms with Crippen LogP contribution >= 0.6 is 0 Å². The third-order valence-electron chi connectivity index (χ3n) is 1.47. The molecule has 0 saturated heterocycles. The molecule has 14 heavy (non-hydrogen) atoms. The van der Waals surface area contributed by atoms with Gasteiger partial charge in [0.25, 0.3) is 0 Å². The smallest absolute Gasteiger partial charge is 0.363 e. The average molecular weight is 200 g/mol. The van der Waals surface area contributed by atoms with Crippen LogP contribution < -0.4 is 11.3 Å². The summed E-state index contributed by atoms with van der Waals surface area (Å²) in [6.45, 7) is 0. The lowest BCUT2D eigenvalue weighted by molar-refractivity contribution is -0.393. The van der Waals surface area contributed by atoms with E-state index in [-0.39, 0.29) is 0 Å². The van der Waals surface area contributed by atoms with Gasteiger partial charge in [-0.2, -0.15) is 0 Å². The molecule has 0 fully saturated rings. The first-order valence-corrected chi connectivity index (χ1v) is 3.25. The SMILES string of the molecule is Nc1c([N+](=O)[O-])c[nH]c(=O)c1[N+](=O)[O-]. The van der Waals surface area contributed by atoms with Crippen LogP contribution in [0.2, 0.25) is 0 Å². The van der Waals surface area contributed by atoms with Gasteiger partial charge in [0.2, 0.25) is 0 Å². The fourth-order valence-corrected chi connectivity index (χ4v) is 0.856. The van der Waals surface area contributed by atoms with Gasteiger partial charge >= 0.3 is 16.9 Å². The van der Waals surface area contributed by atoms with Gasteiger partial charge in [-0.25, -0.2) is 0 Å². The second-order valence-electron chi connectivity index (χ2n) is 2.28. The minimum atomic E-state index is -1.07. The number of hydrogen-bond donors (Lipinski definition) is 2. The molecule has 9 nitrogen and oxygen atoms in total. The third-order valence-corrected chi connectivity index (χ3v) is 1.47. The molecular weight excluding hydrogens is 196 g/mol. The molecule has 0 aliphatic rings. The Bertz CT molecular complexity index is 464. The quantitative estimate of drug-likeness (QED) is 0.498.